The fourth-order valence-electron chi connectivity index (χ4n) is 11.2. The lowest BCUT2D eigenvalue weighted by atomic mass is 9.94. The Morgan fingerprint density at radius 3 is 0.971 bits per heavy atom. The van der Waals surface area contributed by atoms with Gasteiger partial charge in [-0.2, -0.15) is 0 Å². The summed E-state index contributed by atoms with van der Waals surface area (Å²) in [5, 5.41) is 7.37. The molecule has 0 saturated carbocycles. The fourth-order valence-corrected chi connectivity index (χ4v) is 11.2. The Bertz CT molecular complexity index is 4110. The van der Waals surface area contributed by atoms with E-state index < -0.39 is 0 Å². The van der Waals surface area contributed by atoms with E-state index in [0.717, 1.165) is 78.4 Å². The van der Waals surface area contributed by atoms with E-state index in [9.17, 15) is 0 Å². The van der Waals surface area contributed by atoms with Crippen LogP contribution in [0.25, 0.3) is 105 Å². The Morgan fingerprint density at radius 1 is 0.229 bits per heavy atom. The van der Waals surface area contributed by atoms with E-state index in [0.29, 0.717) is 0 Å². The van der Waals surface area contributed by atoms with Crippen molar-refractivity contribution in [3.8, 4) is 39.3 Å². The monoisotopic (exact) mass is 892 g/mol. The molecule has 0 bridgehead atoms. The zero-order valence-electron chi connectivity index (χ0n) is 38.2. The average molecular weight is 893 g/mol. The molecule has 0 aliphatic heterocycles. The van der Waals surface area contributed by atoms with Crippen LogP contribution >= 0.6 is 0 Å². The number of hydrogen-bond acceptors (Lipinski definition) is 1. The summed E-state index contributed by atoms with van der Waals surface area (Å²) < 4.78 is 7.42. The molecule has 11 aromatic carbocycles. The molecule has 328 valence electrons. The first kappa shape index (κ1) is 39.8. The van der Waals surface area contributed by atoms with Crippen LogP contribution in [-0.4, -0.2) is 13.7 Å². The molecular formula is C66H44N4. The van der Waals surface area contributed by atoms with E-state index in [-0.39, 0.29) is 0 Å². The maximum atomic E-state index is 2.50. The predicted octanol–water partition coefficient (Wildman–Crippen LogP) is 17.8. The van der Waals surface area contributed by atoms with Crippen LogP contribution in [0.1, 0.15) is 0 Å². The van der Waals surface area contributed by atoms with Gasteiger partial charge in [0.25, 0.3) is 0 Å². The van der Waals surface area contributed by atoms with Crippen LogP contribution in [0.2, 0.25) is 0 Å². The molecule has 0 unspecified atom stereocenters. The second kappa shape index (κ2) is 16.2. The van der Waals surface area contributed by atoms with Crippen molar-refractivity contribution in [3.63, 3.8) is 0 Å². The SMILES string of the molecule is c1ccc(N(c2ccccc2)c2cccc(-c3cc(-c4cccc(-n5c6ccccc6c6ccccc65)c4)c(-n4c5ccccc5c5ccccc54)cc3-n3c4ccccc4c4ccccc43)c2)cc1. The van der Waals surface area contributed by atoms with Gasteiger partial charge < -0.3 is 18.6 Å². The first-order chi connectivity index (χ1) is 34.8. The van der Waals surface area contributed by atoms with Crippen LogP contribution < -0.4 is 4.90 Å². The number of aromatic nitrogens is 3. The van der Waals surface area contributed by atoms with Crippen molar-refractivity contribution in [2.45, 2.75) is 0 Å². The van der Waals surface area contributed by atoms with Crippen molar-refractivity contribution >= 4 is 82.5 Å². The van der Waals surface area contributed by atoms with Gasteiger partial charge in [0.1, 0.15) is 0 Å². The van der Waals surface area contributed by atoms with E-state index >= 15 is 0 Å². The van der Waals surface area contributed by atoms with Crippen molar-refractivity contribution in [2.24, 2.45) is 0 Å². The summed E-state index contributed by atoms with van der Waals surface area (Å²) in [5.74, 6) is 0. The van der Waals surface area contributed by atoms with E-state index in [1.165, 1.54) is 43.4 Å². The Hall–Kier alpha value is -9.38. The van der Waals surface area contributed by atoms with Gasteiger partial charge in [-0.15, -0.1) is 0 Å². The third-order valence-electron chi connectivity index (χ3n) is 14.2. The lowest BCUT2D eigenvalue weighted by molar-refractivity contribution is 1.13. The zero-order valence-corrected chi connectivity index (χ0v) is 38.2. The Kier molecular flexibility index (Phi) is 9.17. The van der Waals surface area contributed by atoms with Gasteiger partial charge in [0.15, 0.2) is 0 Å². The van der Waals surface area contributed by atoms with Crippen LogP contribution in [0.3, 0.4) is 0 Å². The lowest BCUT2D eigenvalue weighted by Crippen LogP contribution is -2.10. The summed E-state index contributed by atoms with van der Waals surface area (Å²) in [7, 11) is 0. The summed E-state index contributed by atoms with van der Waals surface area (Å²) in [6.45, 7) is 0. The van der Waals surface area contributed by atoms with E-state index in [2.05, 4.69) is 286 Å². The Balaban J connectivity index is 1.11. The lowest BCUT2D eigenvalue weighted by Gasteiger charge is -2.26. The van der Waals surface area contributed by atoms with Crippen molar-refractivity contribution in [1.29, 1.82) is 0 Å². The molecule has 3 aromatic heterocycles. The standard InChI is InChI=1S/C66H44N4/c1-3-23-47(24-4-1)67(48-25-5-2-6-26-48)49-27-19-21-45(41-49)57-43-58(46-22-20-28-50(42-46)68-59-35-13-7-29-51(59)52-30-8-14-36-60(52)68)66(70-63-39-17-11-33-55(63)56-34-12-18-40-64(56)70)44-65(57)69-61-37-15-9-31-53(61)54-32-10-16-38-62(54)69/h1-44H. The highest BCUT2D eigenvalue weighted by Crippen LogP contribution is 2.46. The minimum atomic E-state index is 1.07. The first-order valence-electron chi connectivity index (χ1n) is 24.0. The Labute approximate surface area is 405 Å². The molecular weight excluding hydrogens is 849 g/mol. The molecule has 0 radical (unpaired) electrons. The van der Waals surface area contributed by atoms with Crippen LogP contribution in [0.15, 0.2) is 267 Å². The second-order valence-electron chi connectivity index (χ2n) is 18.1. The summed E-state index contributed by atoms with van der Waals surface area (Å²) in [4.78, 5) is 2.35. The quantitative estimate of drug-likeness (QED) is 0.149. The van der Waals surface area contributed by atoms with Gasteiger partial charge in [0.2, 0.25) is 0 Å². The largest absolute Gasteiger partial charge is 0.310 e. The molecule has 0 fully saturated rings. The second-order valence-corrected chi connectivity index (χ2v) is 18.1. The van der Waals surface area contributed by atoms with Crippen LogP contribution in [0.4, 0.5) is 17.1 Å². The van der Waals surface area contributed by atoms with E-state index in [4.69, 9.17) is 0 Å². The topological polar surface area (TPSA) is 18.0 Å². The van der Waals surface area contributed by atoms with Gasteiger partial charge in [-0.3, -0.25) is 0 Å². The van der Waals surface area contributed by atoms with E-state index in [1.54, 1.807) is 0 Å². The van der Waals surface area contributed by atoms with Crippen molar-refractivity contribution in [1.82, 2.24) is 13.7 Å². The summed E-state index contributed by atoms with van der Waals surface area (Å²) in [6.07, 6.45) is 0. The molecule has 0 N–H and O–H groups in total. The maximum absolute atomic E-state index is 2.50. The van der Waals surface area contributed by atoms with E-state index in [1.807, 2.05) is 0 Å². The summed E-state index contributed by atoms with van der Waals surface area (Å²) >= 11 is 0. The molecule has 0 amide bonds. The molecule has 14 aromatic rings. The number of nitrogens with zero attached hydrogens (tertiary/aromatic N) is 4. The third kappa shape index (κ3) is 6.24. The molecule has 0 aliphatic rings. The van der Waals surface area contributed by atoms with Gasteiger partial charge in [-0.1, -0.05) is 170 Å². The summed E-state index contributed by atoms with van der Waals surface area (Å²) in [5.41, 5.74) is 18.1. The van der Waals surface area contributed by atoms with Crippen LogP contribution in [0, 0.1) is 0 Å². The van der Waals surface area contributed by atoms with Gasteiger partial charge in [-0.25, -0.2) is 0 Å². The number of benzene rings is 11. The highest BCUT2D eigenvalue weighted by Gasteiger charge is 2.24. The normalized spacial score (nSPS) is 11.7. The molecule has 70 heavy (non-hydrogen) atoms. The molecule has 4 heteroatoms. The number of para-hydroxylation sites is 8. The number of hydrogen-bond donors (Lipinski definition) is 0. The van der Waals surface area contributed by atoms with Crippen molar-refractivity contribution in [3.05, 3.63) is 267 Å². The fraction of sp³-hybridized carbons (Fsp3) is 0. The molecule has 0 spiro atoms. The third-order valence-corrected chi connectivity index (χ3v) is 14.2. The van der Waals surface area contributed by atoms with Gasteiger partial charge >= 0.3 is 0 Å². The van der Waals surface area contributed by atoms with Gasteiger partial charge in [0.05, 0.1) is 44.5 Å². The minimum Gasteiger partial charge on any atom is -0.310 e. The Morgan fingerprint density at radius 2 is 0.557 bits per heavy atom. The number of anilines is 3. The average Bonchev–Trinajstić information content (AvgIpc) is 4.07. The van der Waals surface area contributed by atoms with Crippen molar-refractivity contribution < 1.29 is 0 Å². The van der Waals surface area contributed by atoms with Crippen LogP contribution in [0.5, 0.6) is 0 Å². The molecule has 4 nitrogen and oxygen atoms in total. The molecule has 3 heterocycles. The number of fused-ring (bicyclic) bond motifs is 9. The molecule has 0 aliphatic carbocycles. The smallest absolute Gasteiger partial charge is 0.0561 e. The maximum Gasteiger partial charge on any atom is 0.0561 e. The first-order valence-corrected chi connectivity index (χ1v) is 24.0. The molecule has 14 rings (SSSR count). The highest BCUT2D eigenvalue weighted by molar-refractivity contribution is 6.12. The number of rotatable bonds is 8. The van der Waals surface area contributed by atoms with Crippen molar-refractivity contribution in [2.75, 3.05) is 4.90 Å². The highest BCUT2D eigenvalue weighted by atomic mass is 15.1. The van der Waals surface area contributed by atoms with Gasteiger partial charge in [-0.05, 0) is 108 Å². The predicted molar refractivity (Wildman–Crippen MR) is 295 cm³/mol. The van der Waals surface area contributed by atoms with Gasteiger partial charge in [0, 0.05) is 66.2 Å². The molecule has 0 saturated heterocycles. The summed E-state index contributed by atoms with van der Waals surface area (Å²) in [6, 6.07) is 97.5. The molecule has 0 atom stereocenters. The van der Waals surface area contributed by atoms with Crippen LogP contribution in [-0.2, 0) is 0 Å². The minimum absolute atomic E-state index is 1.07. The zero-order chi connectivity index (χ0) is 46.1.